The lowest BCUT2D eigenvalue weighted by Crippen LogP contribution is -2.36. The highest BCUT2D eigenvalue weighted by Crippen LogP contribution is 2.29. The highest BCUT2D eigenvalue weighted by atomic mass is 16.7. The van der Waals surface area contributed by atoms with Gasteiger partial charge in [0.2, 0.25) is 5.79 Å². The fourth-order valence-corrected chi connectivity index (χ4v) is 1.66. The van der Waals surface area contributed by atoms with E-state index < -0.39 is 11.8 Å². The van der Waals surface area contributed by atoms with Gasteiger partial charge < -0.3 is 9.84 Å². The van der Waals surface area contributed by atoms with E-state index in [1.165, 1.54) is 6.08 Å². The van der Waals surface area contributed by atoms with Crippen LogP contribution in [0.15, 0.2) is 11.6 Å². The number of carbonyl (C=O) groups is 1. The van der Waals surface area contributed by atoms with Crippen LogP contribution in [0.5, 0.6) is 0 Å². The van der Waals surface area contributed by atoms with Gasteiger partial charge in [0.1, 0.15) is 0 Å². The molecule has 1 fully saturated rings. The Balaban J connectivity index is 2.49. The summed E-state index contributed by atoms with van der Waals surface area (Å²) in [6.07, 6.45) is 5.51. The largest absolute Gasteiger partial charge is 0.430 e. The number of carbonyl (C=O) groups excluding carboxylic acids is 1. The summed E-state index contributed by atoms with van der Waals surface area (Å²) >= 11 is 0. The maximum Gasteiger partial charge on any atom is 0.333 e. The fourth-order valence-electron chi connectivity index (χ4n) is 1.66. The monoisotopic (exact) mass is 198 g/mol. The quantitative estimate of drug-likeness (QED) is 0.420. The number of hydrogen-bond donors (Lipinski definition) is 1. The van der Waals surface area contributed by atoms with Gasteiger partial charge in [-0.05, 0) is 26.7 Å². The molecule has 0 saturated heterocycles. The standard InChI is InChI=1S/C11H18O3/c1-9(2)8-10(12)14-11(13)6-4-3-5-7-11/h8,13H,3-7H2,1-2H3. The molecule has 0 atom stereocenters. The molecule has 3 nitrogen and oxygen atoms in total. The van der Waals surface area contributed by atoms with Crippen molar-refractivity contribution < 1.29 is 14.6 Å². The van der Waals surface area contributed by atoms with Crippen molar-refractivity contribution in [3.05, 3.63) is 11.6 Å². The van der Waals surface area contributed by atoms with Crippen molar-refractivity contribution in [1.29, 1.82) is 0 Å². The highest BCUT2D eigenvalue weighted by Gasteiger charge is 2.32. The van der Waals surface area contributed by atoms with E-state index in [2.05, 4.69) is 0 Å². The van der Waals surface area contributed by atoms with Crippen LogP contribution in [0.25, 0.3) is 0 Å². The van der Waals surface area contributed by atoms with Gasteiger partial charge in [-0.25, -0.2) is 4.79 Å². The van der Waals surface area contributed by atoms with E-state index in [0.29, 0.717) is 12.8 Å². The van der Waals surface area contributed by atoms with E-state index in [1.54, 1.807) is 0 Å². The van der Waals surface area contributed by atoms with Crippen LogP contribution < -0.4 is 0 Å². The van der Waals surface area contributed by atoms with Crippen molar-refractivity contribution in [2.24, 2.45) is 0 Å². The fraction of sp³-hybridized carbons (Fsp3) is 0.727. The number of aliphatic hydroxyl groups is 1. The maximum atomic E-state index is 11.3. The molecule has 1 saturated carbocycles. The zero-order valence-corrected chi connectivity index (χ0v) is 8.88. The number of allylic oxidation sites excluding steroid dienone is 1. The molecule has 1 aliphatic rings. The Kier molecular flexibility index (Phi) is 3.69. The van der Waals surface area contributed by atoms with Gasteiger partial charge >= 0.3 is 5.97 Å². The van der Waals surface area contributed by atoms with Crippen LogP contribution in [-0.2, 0) is 9.53 Å². The number of esters is 1. The molecule has 0 aromatic carbocycles. The molecule has 14 heavy (non-hydrogen) atoms. The van der Waals surface area contributed by atoms with E-state index in [0.717, 1.165) is 24.8 Å². The van der Waals surface area contributed by atoms with E-state index in [4.69, 9.17) is 4.74 Å². The van der Waals surface area contributed by atoms with Crippen molar-refractivity contribution in [2.75, 3.05) is 0 Å². The number of ether oxygens (including phenoxy) is 1. The molecule has 0 aromatic rings. The first kappa shape index (κ1) is 11.2. The minimum atomic E-state index is -1.21. The molecule has 0 aromatic heterocycles. The molecule has 0 bridgehead atoms. The summed E-state index contributed by atoms with van der Waals surface area (Å²) in [6, 6.07) is 0. The Labute approximate surface area is 84.8 Å². The topological polar surface area (TPSA) is 46.5 Å². The van der Waals surface area contributed by atoms with Gasteiger partial charge in [-0.15, -0.1) is 0 Å². The Bertz CT molecular complexity index is 233. The molecule has 3 heteroatoms. The molecule has 1 aliphatic carbocycles. The molecule has 0 amide bonds. The van der Waals surface area contributed by atoms with Gasteiger partial charge in [0, 0.05) is 18.9 Å². The van der Waals surface area contributed by atoms with Crippen LogP contribution in [0.4, 0.5) is 0 Å². The molecular formula is C11H18O3. The molecule has 0 radical (unpaired) electrons. The lowest BCUT2D eigenvalue weighted by atomic mass is 9.94. The second-order valence-corrected chi connectivity index (χ2v) is 4.15. The smallest absolute Gasteiger partial charge is 0.333 e. The van der Waals surface area contributed by atoms with Gasteiger partial charge in [-0.2, -0.15) is 0 Å². The Hall–Kier alpha value is -0.830. The SMILES string of the molecule is CC(C)=CC(=O)OC1(O)CCCCC1. The lowest BCUT2D eigenvalue weighted by Gasteiger charge is -2.30. The molecule has 80 valence electrons. The van der Waals surface area contributed by atoms with Crippen LogP contribution in [0, 0.1) is 0 Å². The third-order valence-electron chi connectivity index (χ3n) is 2.33. The van der Waals surface area contributed by atoms with Crippen molar-refractivity contribution in [2.45, 2.75) is 51.7 Å². The number of hydrogen-bond acceptors (Lipinski definition) is 3. The molecule has 0 spiro atoms. The normalized spacial score (nSPS) is 19.9. The second-order valence-electron chi connectivity index (χ2n) is 4.15. The van der Waals surface area contributed by atoms with Gasteiger partial charge in [-0.1, -0.05) is 12.0 Å². The zero-order valence-electron chi connectivity index (χ0n) is 8.88. The van der Waals surface area contributed by atoms with Crippen molar-refractivity contribution in [3.63, 3.8) is 0 Å². The van der Waals surface area contributed by atoms with Gasteiger partial charge in [0.15, 0.2) is 0 Å². The summed E-state index contributed by atoms with van der Waals surface area (Å²) in [5.41, 5.74) is 0.884. The Morgan fingerprint density at radius 3 is 2.36 bits per heavy atom. The molecule has 0 heterocycles. The summed E-state index contributed by atoms with van der Waals surface area (Å²) in [7, 11) is 0. The van der Waals surface area contributed by atoms with Crippen LogP contribution in [0.2, 0.25) is 0 Å². The summed E-state index contributed by atoms with van der Waals surface area (Å²) < 4.78 is 5.03. The predicted molar refractivity (Wildman–Crippen MR) is 53.6 cm³/mol. The average Bonchev–Trinajstić information content (AvgIpc) is 2.02. The first-order valence-electron chi connectivity index (χ1n) is 5.12. The van der Waals surface area contributed by atoms with Gasteiger partial charge in [0.05, 0.1) is 0 Å². The molecular weight excluding hydrogens is 180 g/mol. The van der Waals surface area contributed by atoms with Gasteiger partial charge in [-0.3, -0.25) is 0 Å². The lowest BCUT2D eigenvalue weighted by molar-refractivity contribution is -0.215. The average molecular weight is 198 g/mol. The van der Waals surface area contributed by atoms with Gasteiger partial charge in [0.25, 0.3) is 0 Å². The third-order valence-corrected chi connectivity index (χ3v) is 2.33. The summed E-state index contributed by atoms with van der Waals surface area (Å²) in [6.45, 7) is 3.65. The predicted octanol–water partition coefficient (Wildman–Crippen LogP) is 2.15. The van der Waals surface area contributed by atoms with E-state index in [-0.39, 0.29) is 0 Å². The molecule has 1 rings (SSSR count). The van der Waals surface area contributed by atoms with Crippen molar-refractivity contribution in [3.8, 4) is 0 Å². The summed E-state index contributed by atoms with van der Waals surface area (Å²) in [5, 5.41) is 9.88. The first-order chi connectivity index (χ1) is 6.52. The van der Waals surface area contributed by atoms with E-state index in [9.17, 15) is 9.90 Å². The Morgan fingerprint density at radius 1 is 1.29 bits per heavy atom. The van der Waals surface area contributed by atoms with Crippen LogP contribution in [-0.4, -0.2) is 16.9 Å². The van der Waals surface area contributed by atoms with Crippen LogP contribution in [0.1, 0.15) is 46.0 Å². The molecule has 0 aliphatic heterocycles. The molecule has 1 N–H and O–H groups in total. The van der Waals surface area contributed by atoms with Crippen LogP contribution >= 0.6 is 0 Å². The Morgan fingerprint density at radius 2 is 1.86 bits per heavy atom. The minimum Gasteiger partial charge on any atom is -0.430 e. The summed E-state index contributed by atoms with van der Waals surface area (Å²) in [4.78, 5) is 11.3. The third kappa shape index (κ3) is 3.50. The summed E-state index contributed by atoms with van der Waals surface area (Å²) in [5.74, 6) is -1.64. The number of rotatable bonds is 2. The highest BCUT2D eigenvalue weighted by molar-refractivity contribution is 5.82. The van der Waals surface area contributed by atoms with E-state index in [1.807, 2.05) is 13.8 Å². The first-order valence-corrected chi connectivity index (χ1v) is 5.12. The minimum absolute atomic E-state index is 0.436. The van der Waals surface area contributed by atoms with Crippen molar-refractivity contribution >= 4 is 5.97 Å². The van der Waals surface area contributed by atoms with Crippen LogP contribution in [0.3, 0.4) is 0 Å². The van der Waals surface area contributed by atoms with Crippen molar-refractivity contribution in [1.82, 2.24) is 0 Å². The zero-order chi connectivity index (χ0) is 10.6. The molecule has 0 unspecified atom stereocenters. The maximum absolute atomic E-state index is 11.3. The second kappa shape index (κ2) is 4.60. The van der Waals surface area contributed by atoms with E-state index >= 15 is 0 Å².